The maximum atomic E-state index is 13.5. The van der Waals surface area contributed by atoms with Gasteiger partial charge in [-0.05, 0) is 47.7 Å². The number of anilines is 1. The van der Waals surface area contributed by atoms with Gasteiger partial charge in [-0.15, -0.1) is 11.3 Å². The van der Waals surface area contributed by atoms with E-state index in [-0.39, 0.29) is 18.0 Å². The molecule has 0 saturated heterocycles. The molecule has 1 aromatic heterocycles. The second kappa shape index (κ2) is 10.4. The minimum atomic E-state index is -0.250. The van der Waals surface area contributed by atoms with Crippen molar-refractivity contribution in [2.24, 2.45) is 5.73 Å². The summed E-state index contributed by atoms with van der Waals surface area (Å²) in [6.45, 7) is 3.70. The largest absolute Gasteiger partial charge is 0.329 e. The number of thiophene rings is 1. The Balaban J connectivity index is 1.67. The smallest absolute Gasteiger partial charge is 0.258 e. The summed E-state index contributed by atoms with van der Waals surface area (Å²) < 4.78 is 0. The molecule has 2 N–H and O–H groups in total. The van der Waals surface area contributed by atoms with Crippen LogP contribution in [0.4, 0.5) is 5.00 Å². The molecule has 1 unspecified atom stereocenters. The number of rotatable bonds is 8. The molecule has 0 aliphatic carbocycles. The van der Waals surface area contributed by atoms with Gasteiger partial charge in [0.25, 0.3) is 11.8 Å². The lowest BCUT2D eigenvalue weighted by Crippen LogP contribution is -2.57. The molecule has 4 rings (SSSR count). The molecule has 0 fully saturated rings. The van der Waals surface area contributed by atoms with Crippen LogP contribution in [0.2, 0.25) is 5.02 Å². The monoisotopic (exact) mass is 482 g/mol. The lowest BCUT2D eigenvalue weighted by molar-refractivity contribution is 0.0618. The first-order chi connectivity index (χ1) is 16.0. The Labute approximate surface area is 203 Å². The second-order valence-electron chi connectivity index (χ2n) is 7.92. The summed E-state index contributed by atoms with van der Waals surface area (Å²) in [7, 11) is 0. The molecule has 1 atom stereocenters. The van der Waals surface area contributed by atoms with E-state index >= 15 is 0 Å². The molecular weight excluding hydrogens is 456 g/mol. The van der Waals surface area contributed by atoms with Crippen LogP contribution < -0.4 is 10.6 Å². The molecular formula is C25H27ClN4O2S. The van der Waals surface area contributed by atoms with Gasteiger partial charge in [-0.2, -0.15) is 0 Å². The average molecular weight is 483 g/mol. The molecule has 1 aliphatic heterocycles. The Kier molecular flexibility index (Phi) is 7.33. The quantitative estimate of drug-likeness (QED) is 0.507. The first-order valence-corrected chi connectivity index (χ1v) is 12.2. The predicted octanol–water partition coefficient (Wildman–Crippen LogP) is 4.66. The highest BCUT2D eigenvalue weighted by Crippen LogP contribution is 2.36. The van der Waals surface area contributed by atoms with Gasteiger partial charge in [-0.3, -0.25) is 9.59 Å². The highest BCUT2D eigenvalue weighted by molar-refractivity contribution is 7.14. The zero-order chi connectivity index (χ0) is 23.4. The number of halogens is 1. The summed E-state index contributed by atoms with van der Waals surface area (Å²) in [5.74, 6) is -0.0933. The molecule has 0 spiro atoms. The van der Waals surface area contributed by atoms with Gasteiger partial charge in [0.15, 0.2) is 0 Å². The number of fused-ring (bicyclic) bond motifs is 1. The molecule has 1 aliphatic rings. The lowest BCUT2D eigenvalue weighted by Gasteiger charge is -2.45. The minimum absolute atomic E-state index is 0.00982. The number of hydrogen-bond acceptors (Lipinski definition) is 5. The van der Waals surface area contributed by atoms with Crippen molar-refractivity contribution < 1.29 is 9.59 Å². The second-order valence-corrected chi connectivity index (χ2v) is 9.25. The van der Waals surface area contributed by atoms with Crippen LogP contribution in [0.3, 0.4) is 0 Å². The van der Waals surface area contributed by atoms with Crippen LogP contribution in [0.1, 0.15) is 39.6 Å². The fourth-order valence-electron chi connectivity index (χ4n) is 4.22. The highest BCUT2D eigenvalue weighted by Gasteiger charge is 2.37. The van der Waals surface area contributed by atoms with E-state index in [0.717, 1.165) is 10.6 Å². The fourth-order valence-corrected chi connectivity index (χ4v) is 5.27. The van der Waals surface area contributed by atoms with Gasteiger partial charge in [0.05, 0.1) is 12.2 Å². The predicted molar refractivity (Wildman–Crippen MR) is 134 cm³/mol. The van der Waals surface area contributed by atoms with Crippen molar-refractivity contribution in [3.8, 4) is 0 Å². The summed E-state index contributed by atoms with van der Waals surface area (Å²) in [5.41, 5.74) is 8.22. The minimum Gasteiger partial charge on any atom is -0.329 e. The standard InChI is InChI=1S/C25H27ClN4O2S/c1-2-22(29(14-13-27)23(31)19-8-10-20(26)11-9-19)30-17-28(16-18-6-4-3-5-7-18)24(32)21-12-15-33-25(21)30/h3-12,15,22H,2,13-14,16-17,27H2,1H3. The third kappa shape index (κ3) is 4.90. The van der Waals surface area contributed by atoms with Crippen LogP contribution in [0.25, 0.3) is 0 Å². The van der Waals surface area contributed by atoms with Crippen molar-refractivity contribution in [1.29, 1.82) is 0 Å². The Bertz CT molecular complexity index is 1100. The van der Waals surface area contributed by atoms with E-state index in [9.17, 15) is 9.59 Å². The number of nitrogens with two attached hydrogens (primary N) is 1. The molecule has 172 valence electrons. The van der Waals surface area contributed by atoms with E-state index < -0.39 is 0 Å². The van der Waals surface area contributed by atoms with Gasteiger partial charge in [0, 0.05) is 30.2 Å². The first kappa shape index (κ1) is 23.3. The number of carbonyl (C=O) groups is 2. The summed E-state index contributed by atoms with van der Waals surface area (Å²) >= 11 is 7.55. The summed E-state index contributed by atoms with van der Waals surface area (Å²) in [6, 6.07) is 18.7. The highest BCUT2D eigenvalue weighted by atomic mass is 35.5. The zero-order valence-electron chi connectivity index (χ0n) is 18.5. The third-order valence-electron chi connectivity index (χ3n) is 5.77. The summed E-state index contributed by atoms with van der Waals surface area (Å²) in [4.78, 5) is 32.5. The van der Waals surface area contributed by atoms with Crippen LogP contribution in [0.15, 0.2) is 66.0 Å². The van der Waals surface area contributed by atoms with Crippen LogP contribution in [0.5, 0.6) is 0 Å². The topological polar surface area (TPSA) is 69.9 Å². The number of carbonyl (C=O) groups excluding carboxylic acids is 2. The molecule has 0 bridgehead atoms. The van der Waals surface area contributed by atoms with Crippen LogP contribution >= 0.6 is 22.9 Å². The Hall–Kier alpha value is -2.87. The fraction of sp³-hybridized carbons (Fsp3) is 0.280. The number of benzene rings is 2. The number of nitrogens with zero attached hydrogens (tertiary/aromatic N) is 3. The van der Waals surface area contributed by atoms with E-state index in [1.165, 1.54) is 11.3 Å². The molecule has 2 amide bonds. The molecule has 3 aromatic rings. The molecule has 33 heavy (non-hydrogen) atoms. The van der Waals surface area contributed by atoms with Gasteiger partial charge in [-0.25, -0.2) is 0 Å². The van der Waals surface area contributed by atoms with Crippen LogP contribution in [-0.4, -0.2) is 47.5 Å². The van der Waals surface area contributed by atoms with E-state index in [0.29, 0.717) is 48.9 Å². The summed E-state index contributed by atoms with van der Waals surface area (Å²) in [5, 5.41) is 3.41. The Morgan fingerprint density at radius 2 is 1.88 bits per heavy atom. The van der Waals surface area contributed by atoms with E-state index in [1.807, 2.05) is 51.6 Å². The normalized spacial score (nSPS) is 14.2. The van der Waals surface area contributed by atoms with Crippen LogP contribution in [-0.2, 0) is 6.54 Å². The van der Waals surface area contributed by atoms with E-state index in [2.05, 4.69) is 11.8 Å². The van der Waals surface area contributed by atoms with E-state index in [4.69, 9.17) is 17.3 Å². The van der Waals surface area contributed by atoms with Crippen molar-refractivity contribution in [3.05, 3.63) is 87.8 Å². The molecule has 6 nitrogen and oxygen atoms in total. The van der Waals surface area contributed by atoms with Gasteiger partial charge < -0.3 is 20.4 Å². The molecule has 8 heteroatoms. The molecule has 0 radical (unpaired) electrons. The van der Waals surface area contributed by atoms with E-state index in [1.54, 1.807) is 24.3 Å². The lowest BCUT2D eigenvalue weighted by atomic mass is 10.1. The van der Waals surface area contributed by atoms with Crippen molar-refractivity contribution in [1.82, 2.24) is 9.80 Å². The maximum absolute atomic E-state index is 13.5. The van der Waals surface area contributed by atoms with Gasteiger partial charge >= 0.3 is 0 Å². The van der Waals surface area contributed by atoms with Crippen LogP contribution in [0, 0.1) is 0 Å². The molecule has 2 heterocycles. The summed E-state index contributed by atoms with van der Waals surface area (Å²) in [6.07, 6.45) is 0.435. The maximum Gasteiger partial charge on any atom is 0.258 e. The van der Waals surface area contributed by atoms with Gasteiger partial charge in [0.1, 0.15) is 11.2 Å². The molecule has 2 aromatic carbocycles. The van der Waals surface area contributed by atoms with Crippen molar-refractivity contribution in [2.75, 3.05) is 24.7 Å². The molecule has 0 saturated carbocycles. The third-order valence-corrected chi connectivity index (χ3v) is 6.97. The number of amides is 2. The van der Waals surface area contributed by atoms with Crippen molar-refractivity contribution in [2.45, 2.75) is 26.1 Å². The Morgan fingerprint density at radius 3 is 2.55 bits per heavy atom. The van der Waals surface area contributed by atoms with Gasteiger partial charge in [0.2, 0.25) is 0 Å². The SMILES string of the molecule is CCC(N(CCN)C(=O)c1ccc(Cl)cc1)N1CN(Cc2ccccc2)C(=O)c2ccsc21. The Morgan fingerprint density at radius 1 is 1.15 bits per heavy atom. The number of hydrogen-bond donors (Lipinski definition) is 1. The van der Waals surface area contributed by atoms with Gasteiger partial charge in [-0.1, -0.05) is 48.9 Å². The van der Waals surface area contributed by atoms with Crippen molar-refractivity contribution in [3.63, 3.8) is 0 Å². The van der Waals surface area contributed by atoms with Crippen molar-refractivity contribution >= 4 is 39.8 Å². The average Bonchev–Trinajstić information content (AvgIpc) is 3.33. The zero-order valence-corrected chi connectivity index (χ0v) is 20.1. The first-order valence-electron chi connectivity index (χ1n) is 11.0.